The highest BCUT2D eigenvalue weighted by Crippen LogP contribution is 2.63. The molecule has 0 aromatic carbocycles. The zero-order chi connectivity index (χ0) is 16.5. The second-order valence-electron chi connectivity index (χ2n) is 7.13. The van der Waals surface area contributed by atoms with Crippen molar-refractivity contribution in [1.29, 1.82) is 5.26 Å². The van der Waals surface area contributed by atoms with E-state index in [1.165, 1.54) is 0 Å². The molecular weight excluding hydrogens is 314 g/mol. The minimum Gasteiger partial charge on any atom is -0.389 e. The predicted molar refractivity (Wildman–Crippen MR) is 87.4 cm³/mol. The molecule has 0 bridgehead atoms. The fraction of sp³-hybridized carbons (Fsp3) is 0.824. The van der Waals surface area contributed by atoms with Crippen LogP contribution in [-0.2, 0) is 13.7 Å². The van der Waals surface area contributed by atoms with Crippen LogP contribution in [-0.4, -0.2) is 36.8 Å². The van der Waals surface area contributed by atoms with Crippen LogP contribution in [0.5, 0.6) is 0 Å². The summed E-state index contributed by atoms with van der Waals surface area (Å²) in [5.74, 6) is -0.677. The maximum Gasteiger partial charge on any atom is 0.173 e. The van der Waals surface area contributed by atoms with Crippen molar-refractivity contribution in [2.24, 2.45) is 17.3 Å². The van der Waals surface area contributed by atoms with Crippen molar-refractivity contribution in [3.63, 3.8) is 0 Å². The van der Waals surface area contributed by atoms with Gasteiger partial charge in [-0.1, -0.05) is 13.0 Å². The molecule has 128 valence electrons. The molecule has 2 aliphatic carbocycles. The number of aliphatic hydroxyl groups excluding tert-OH is 1. The van der Waals surface area contributed by atoms with Crippen LogP contribution in [0.15, 0.2) is 12.2 Å². The van der Waals surface area contributed by atoms with E-state index in [2.05, 4.69) is 25.6 Å². The lowest BCUT2D eigenvalue weighted by Crippen LogP contribution is -2.48. The Bertz CT molecular complexity index is 499. The number of rotatable bonds is 5. The third-order valence-corrected chi connectivity index (χ3v) is 6.09. The molecule has 1 aliphatic heterocycles. The molecule has 1 heterocycles. The summed E-state index contributed by atoms with van der Waals surface area (Å²) in [7, 11) is 0. The number of nitriles is 1. The Morgan fingerprint density at radius 2 is 2.13 bits per heavy atom. The molecule has 23 heavy (non-hydrogen) atoms. The van der Waals surface area contributed by atoms with Crippen molar-refractivity contribution in [3.8, 4) is 6.07 Å². The summed E-state index contributed by atoms with van der Waals surface area (Å²) in [6.07, 6.45) is 4.54. The van der Waals surface area contributed by atoms with Gasteiger partial charge >= 0.3 is 0 Å². The Kier molecular flexibility index (Phi) is 5.05. The van der Waals surface area contributed by atoms with Gasteiger partial charge in [0.25, 0.3) is 0 Å². The van der Waals surface area contributed by atoms with Gasteiger partial charge in [0.1, 0.15) is 0 Å². The molecule has 1 N–H and O–H groups in total. The maximum atomic E-state index is 10.6. The van der Waals surface area contributed by atoms with Crippen LogP contribution in [0.2, 0.25) is 0 Å². The molecule has 4 unspecified atom stereocenters. The molecule has 5 nitrogen and oxygen atoms in total. The smallest absolute Gasteiger partial charge is 0.173 e. The van der Waals surface area contributed by atoms with Gasteiger partial charge in [-0.2, -0.15) is 5.26 Å². The van der Waals surface area contributed by atoms with E-state index >= 15 is 0 Å². The SMILES string of the molecule is C=C(COS)C(O)CC12CCCC(C#N)C1C1(CC2)OCCO1. The van der Waals surface area contributed by atoms with E-state index in [1.807, 2.05) is 0 Å². The third kappa shape index (κ3) is 2.94. The average molecular weight is 339 g/mol. The molecule has 3 aliphatic rings. The first-order valence-electron chi connectivity index (χ1n) is 8.36. The Morgan fingerprint density at radius 1 is 1.39 bits per heavy atom. The first kappa shape index (κ1) is 17.2. The zero-order valence-electron chi connectivity index (χ0n) is 13.4. The normalized spacial score (nSPS) is 36.6. The zero-order valence-corrected chi connectivity index (χ0v) is 14.3. The number of fused-ring (bicyclic) bond motifs is 2. The highest BCUT2D eigenvalue weighted by Gasteiger charge is 2.64. The minimum absolute atomic E-state index is 0.0237. The van der Waals surface area contributed by atoms with Gasteiger partial charge in [0.05, 0.1) is 37.9 Å². The van der Waals surface area contributed by atoms with Gasteiger partial charge < -0.3 is 18.8 Å². The van der Waals surface area contributed by atoms with Crippen LogP contribution in [0.3, 0.4) is 0 Å². The molecule has 1 saturated heterocycles. The number of aliphatic hydroxyl groups is 1. The quantitative estimate of drug-likeness (QED) is 0.458. The van der Waals surface area contributed by atoms with Gasteiger partial charge in [-0.3, -0.25) is 0 Å². The number of hydrogen-bond acceptors (Lipinski definition) is 6. The molecule has 4 atom stereocenters. The molecule has 3 rings (SSSR count). The van der Waals surface area contributed by atoms with E-state index in [9.17, 15) is 10.4 Å². The molecule has 0 aromatic rings. The topological polar surface area (TPSA) is 71.7 Å². The monoisotopic (exact) mass is 339 g/mol. The van der Waals surface area contributed by atoms with Crippen molar-refractivity contribution in [3.05, 3.63) is 12.2 Å². The Hall–Kier alpha value is -0.580. The van der Waals surface area contributed by atoms with Gasteiger partial charge in [-0.15, -0.1) is 0 Å². The first-order chi connectivity index (χ1) is 11.1. The Balaban J connectivity index is 1.86. The van der Waals surface area contributed by atoms with Crippen LogP contribution >= 0.6 is 12.9 Å². The van der Waals surface area contributed by atoms with E-state index in [-0.39, 0.29) is 23.9 Å². The lowest BCUT2D eigenvalue weighted by Gasteiger charge is -2.47. The standard InChI is InChI=1S/C17H25NO4S/c1-12(11-22-23)14(19)9-16-4-2-3-13(10-18)15(16)17(6-5-16)20-7-8-21-17/h13-15,19,23H,1-9,11H2. The van der Waals surface area contributed by atoms with Crippen LogP contribution in [0.1, 0.15) is 38.5 Å². The van der Waals surface area contributed by atoms with Crippen molar-refractivity contribution < 1.29 is 18.8 Å². The number of ether oxygens (including phenoxy) is 2. The summed E-state index contributed by atoms with van der Waals surface area (Å²) in [5.41, 5.74) is 0.503. The van der Waals surface area contributed by atoms with Crippen molar-refractivity contribution in [1.82, 2.24) is 0 Å². The highest BCUT2D eigenvalue weighted by atomic mass is 32.1. The van der Waals surface area contributed by atoms with Gasteiger partial charge in [0.2, 0.25) is 0 Å². The van der Waals surface area contributed by atoms with Gasteiger partial charge in [0, 0.05) is 12.3 Å². The van der Waals surface area contributed by atoms with Gasteiger partial charge in [-0.05, 0) is 49.6 Å². The molecule has 6 heteroatoms. The summed E-state index contributed by atoms with van der Waals surface area (Å²) < 4.78 is 16.8. The molecule has 2 saturated carbocycles. The second kappa shape index (κ2) is 6.73. The van der Waals surface area contributed by atoms with Crippen LogP contribution in [0.4, 0.5) is 0 Å². The molecule has 0 amide bonds. The molecule has 3 fully saturated rings. The maximum absolute atomic E-state index is 10.6. The van der Waals surface area contributed by atoms with Crippen molar-refractivity contribution >= 4 is 12.9 Å². The molecule has 1 spiro atoms. The number of nitrogens with zero attached hydrogens (tertiary/aromatic N) is 1. The highest BCUT2D eigenvalue weighted by molar-refractivity contribution is 7.75. The van der Waals surface area contributed by atoms with Crippen LogP contribution in [0, 0.1) is 28.6 Å². The fourth-order valence-electron chi connectivity index (χ4n) is 5.03. The molecule has 0 aromatic heterocycles. The first-order valence-corrected chi connectivity index (χ1v) is 8.73. The van der Waals surface area contributed by atoms with Crippen molar-refractivity contribution in [2.75, 3.05) is 19.8 Å². The Morgan fingerprint density at radius 3 is 2.78 bits per heavy atom. The summed E-state index contributed by atoms with van der Waals surface area (Å²) in [5, 5.41) is 20.2. The van der Waals surface area contributed by atoms with E-state index < -0.39 is 11.9 Å². The van der Waals surface area contributed by atoms with Gasteiger partial charge in [-0.25, -0.2) is 0 Å². The van der Waals surface area contributed by atoms with Gasteiger partial charge in [0.15, 0.2) is 5.79 Å². The predicted octanol–water partition coefficient (Wildman–Crippen LogP) is 2.62. The summed E-state index contributed by atoms with van der Waals surface area (Å²) in [6.45, 7) is 5.31. The van der Waals surface area contributed by atoms with E-state index in [1.54, 1.807) is 0 Å². The second-order valence-corrected chi connectivity index (χ2v) is 7.39. The fourth-order valence-corrected chi connectivity index (χ4v) is 5.19. The summed E-state index contributed by atoms with van der Waals surface area (Å²) >= 11 is 3.73. The lowest BCUT2D eigenvalue weighted by atomic mass is 9.60. The van der Waals surface area contributed by atoms with E-state index in [4.69, 9.17) is 13.7 Å². The van der Waals surface area contributed by atoms with E-state index in [0.717, 1.165) is 32.1 Å². The largest absolute Gasteiger partial charge is 0.389 e. The summed E-state index contributed by atoms with van der Waals surface area (Å²) in [6, 6.07) is 2.48. The van der Waals surface area contributed by atoms with Crippen molar-refractivity contribution in [2.45, 2.75) is 50.4 Å². The number of thiol groups is 1. The minimum atomic E-state index is -0.654. The average Bonchev–Trinajstić information content (AvgIpc) is 3.14. The van der Waals surface area contributed by atoms with E-state index in [0.29, 0.717) is 25.2 Å². The van der Waals surface area contributed by atoms with Crippen LogP contribution in [0.25, 0.3) is 0 Å². The third-order valence-electron chi connectivity index (χ3n) is 5.96. The number of hydrogen-bond donors (Lipinski definition) is 2. The molecule has 0 radical (unpaired) electrons. The van der Waals surface area contributed by atoms with Crippen LogP contribution < -0.4 is 0 Å². The molecular formula is C17H25NO4S. The summed E-state index contributed by atoms with van der Waals surface area (Å²) in [4.78, 5) is 0. The lowest BCUT2D eigenvalue weighted by molar-refractivity contribution is -0.211. The Labute approximate surface area is 143 Å².